The Hall–Kier alpha value is -2.06. The Morgan fingerprint density at radius 3 is 2.71 bits per heavy atom. The zero-order valence-electron chi connectivity index (χ0n) is 13.2. The summed E-state index contributed by atoms with van der Waals surface area (Å²) in [6.07, 6.45) is -0.956. The molecule has 6 nitrogen and oxygen atoms in total. The number of nitrogens with zero attached hydrogens (tertiary/aromatic N) is 2. The van der Waals surface area contributed by atoms with E-state index in [1.165, 1.54) is 17.9 Å². The Labute approximate surface area is 138 Å². The minimum absolute atomic E-state index is 0.290. The van der Waals surface area contributed by atoms with Crippen molar-refractivity contribution in [2.24, 2.45) is 0 Å². The van der Waals surface area contributed by atoms with Crippen molar-refractivity contribution >= 4 is 11.8 Å². The number of hydrogen-bond acceptors (Lipinski definition) is 4. The van der Waals surface area contributed by atoms with E-state index in [9.17, 15) is 23.5 Å². The second-order valence-electron chi connectivity index (χ2n) is 6.26. The normalized spacial score (nSPS) is 26.1. The lowest BCUT2D eigenvalue weighted by molar-refractivity contribution is -0.156. The molecule has 0 spiro atoms. The van der Waals surface area contributed by atoms with Gasteiger partial charge in [0.25, 0.3) is 0 Å². The highest BCUT2D eigenvalue weighted by atomic mass is 19.2. The smallest absolute Gasteiger partial charge is 0.248 e. The lowest BCUT2D eigenvalue weighted by Gasteiger charge is -2.45. The number of carbonyl (C=O) groups is 2. The van der Waals surface area contributed by atoms with E-state index >= 15 is 0 Å². The van der Waals surface area contributed by atoms with Crippen molar-refractivity contribution in [3.05, 3.63) is 35.4 Å². The second-order valence-corrected chi connectivity index (χ2v) is 6.26. The van der Waals surface area contributed by atoms with E-state index in [0.29, 0.717) is 31.7 Å². The van der Waals surface area contributed by atoms with Crippen LogP contribution < -0.4 is 5.32 Å². The fourth-order valence-corrected chi connectivity index (χ4v) is 3.18. The molecule has 24 heavy (non-hydrogen) atoms. The molecule has 0 aromatic heterocycles. The SMILES string of the molecule is C[C@@H](O)[C@@H]1NC(=O)[C@H]2CN(Cc3ccc(F)c(F)c3)CCN2C1=O. The van der Waals surface area contributed by atoms with Gasteiger partial charge in [0, 0.05) is 26.2 Å². The molecule has 2 saturated heterocycles. The molecular formula is C16H19F2N3O3. The Bertz CT molecular complexity index is 668. The second kappa shape index (κ2) is 6.45. The highest BCUT2D eigenvalue weighted by Crippen LogP contribution is 2.19. The first kappa shape index (κ1) is 16.8. The summed E-state index contributed by atoms with van der Waals surface area (Å²) in [6, 6.07) is 2.17. The summed E-state index contributed by atoms with van der Waals surface area (Å²) in [5.74, 6) is -2.40. The van der Waals surface area contributed by atoms with Gasteiger partial charge in [0.15, 0.2) is 11.6 Å². The van der Waals surface area contributed by atoms with Crippen LogP contribution in [0.15, 0.2) is 18.2 Å². The number of aliphatic hydroxyl groups is 1. The predicted molar refractivity (Wildman–Crippen MR) is 80.7 cm³/mol. The fourth-order valence-electron chi connectivity index (χ4n) is 3.18. The molecule has 1 aromatic carbocycles. The molecule has 2 aliphatic heterocycles. The van der Waals surface area contributed by atoms with E-state index in [4.69, 9.17) is 0 Å². The zero-order valence-corrected chi connectivity index (χ0v) is 13.2. The van der Waals surface area contributed by atoms with E-state index in [1.807, 2.05) is 4.90 Å². The Morgan fingerprint density at radius 1 is 1.29 bits per heavy atom. The van der Waals surface area contributed by atoms with Crippen molar-refractivity contribution in [1.29, 1.82) is 0 Å². The molecule has 2 aliphatic rings. The van der Waals surface area contributed by atoms with Crippen molar-refractivity contribution in [2.45, 2.75) is 31.7 Å². The summed E-state index contributed by atoms with van der Waals surface area (Å²) < 4.78 is 26.3. The molecule has 2 fully saturated rings. The molecule has 3 atom stereocenters. The van der Waals surface area contributed by atoms with Crippen LogP contribution >= 0.6 is 0 Å². The maximum atomic E-state index is 13.3. The van der Waals surface area contributed by atoms with Gasteiger partial charge in [-0.15, -0.1) is 0 Å². The number of halogens is 2. The fraction of sp³-hybridized carbons (Fsp3) is 0.500. The number of benzene rings is 1. The maximum Gasteiger partial charge on any atom is 0.248 e. The van der Waals surface area contributed by atoms with Gasteiger partial charge in [0.2, 0.25) is 11.8 Å². The van der Waals surface area contributed by atoms with E-state index in [2.05, 4.69) is 5.32 Å². The molecular weight excluding hydrogens is 320 g/mol. The molecule has 3 rings (SSSR count). The predicted octanol–water partition coefficient (Wildman–Crippen LogP) is -0.143. The largest absolute Gasteiger partial charge is 0.391 e. The average molecular weight is 339 g/mol. The van der Waals surface area contributed by atoms with Crippen LogP contribution in [-0.2, 0) is 16.1 Å². The number of fused-ring (bicyclic) bond motifs is 1. The molecule has 1 aromatic rings. The first-order valence-corrected chi connectivity index (χ1v) is 7.82. The summed E-state index contributed by atoms with van der Waals surface area (Å²) in [5.41, 5.74) is 0.603. The number of nitrogens with one attached hydrogen (secondary N) is 1. The van der Waals surface area contributed by atoms with Gasteiger partial charge >= 0.3 is 0 Å². The lowest BCUT2D eigenvalue weighted by Crippen LogP contribution is -2.70. The van der Waals surface area contributed by atoms with Gasteiger partial charge in [-0.05, 0) is 24.6 Å². The third kappa shape index (κ3) is 3.11. The lowest BCUT2D eigenvalue weighted by atomic mass is 10.0. The molecule has 0 aliphatic carbocycles. The third-order valence-corrected chi connectivity index (χ3v) is 4.49. The molecule has 2 N–H and O–H groups in total. The number of aliphatic hydroxyl groups excluding tert-OH is 1. The monoisotopic (exact) mass is 339 g/mol. The summed E-state index contributed by atoms with van der Waals surface area (Å²) in [4.78, 5) is 28.0. The van der Waals surface area contributed by atoms with Crippen molar-refractivity contribution in [3.63, 3.8) is 0 Å². The van der Waals surface area contributed by atoms with Crippen molar-refractivity contribution in [1.82, 2.24) is 15.1 Å². The molecule has 2 amide bonds. The molecule has 130 valence electrons. The Morgan fingerprint density at radius 2 is 2.04 bits per heavy atom. The van der Waals surface area contributed by atoms with E-state index in [1.54, 1.807) is 0 Å². The highest BCUT2D eigenvalue weighted by Gasteiger charge is 2.44. The first-order chi connectivity index (χ1) is 11.4. The Kier molecular flexibility index (Phi) is 4.51. The van der Waals surface area contributed by atoms with Gasteiger partial charge < -0.3 is 15.3 Å². The van der Waals surface area contributed by atoms with Crippen LogP contribution in [0.4, 0.5) is 8.78 Å². The van der Waals surface area contributed by atoms with Crippen LogP contribution in [0.1, 0.15) is 12.5 Å². The van der Waals surface area contributed by atoms with Crippen LogP contribution in [0.2, 0.25) is 0 Å². The number of rotatable bonds is 3. The summed E-state index contributed by atoms with van der Waals surface area (Å²) in [6.45, 7) is 3.00. The number of carbonyl (C=O) groups excluding carboxylic acids is 2. The van der Waals surface area contributed by atoms with Gasteiger partial charge in [-0.2, -0.15) is 0 Å². The summed E-state index contributed by atoms with van der Waals surface area (Å²) >= 11 is 0. The minimum Gasteiger partial charge on any atom is -0.391 e. The van der Waals surface area contributed by atoms with Crippen molar-refractivity contribution in [3.8, 4) is 0 Å². The molecule has 0 radical (unpaired) electrons. The van der Waals surface area contributed by atoms with Crippen LogP contribution in [0.25, 0.3) is 0 Å². The Balaban J connectivity index is 1.69. The molecule has 0 unspecified atom stereocenters. The average Bonchev–Trinajstić information content (AvgIpc) is 2.54. The highest BCUT2D eigenvalue weighted by molar-refractivity contribution is 5.97. The molecule has 0 saturated carbocycles. The topological polar surface area (TPSA) is 72.9 Å². The summed E-state index contributed by atoms with van der Waals surface area (Å²) in [5, 5.41) is 12.2. The quantitative estimate of drug-likeness (QED) is 0.804. The van der Waals surface area contributed by atoms with Crippen LogP contribution in [0, 0.1) is 11.6 Å². The summed E-state index contributed by atoms with van der Waals surface area (Å²) in [7, 11) is 0. The van der Waals surface area contributed by atoms with Crippen LogP contribution in [0.3, 0.4) is 0 Å². The van der Waals surface area contributed by atoms with Gasteiger partial charge in [-0.3, -0.25) is 14.5 Å². The molecule has 8 heteroatoms. The standard InChI is InChI=1S/C16H19F2N3O3/c1-9(22)14-16(24)21-5-4-20(8-13(21)15(23)19-14)7-10-2-3-11(17)12(18)6-10/h2-3,6,9,13-14,22H,4-5,7-8H2,1H3,(H,19,23)/t9-,13-,14+/m1/s1. The molecule has 2 heterocycles. The first-order valence-electron chi connectivity index (χ1n) is 7.82. The zero-order chi connectivity index (χ0) is 17.4. The third-order valence-electron chi connectivity index (χ3n) is 4.49. The number of piperazine rings is 2. The van der Waals surface area contributed by atoms with E-state index in [0.717, 1.165) is 12.1 Å². The van der Waals surface area contributed by atoms with Crippen LogP contribution in [0.5, 0.6) is 0 Å². The number of amides is 2. The van der Waals surface area contributed by atoms with Gasteiger partial charge in [0.05, 0.1) is 6.10 Å². The van der Waals surface area contributed by atoms with E-state index < -0.39 is 29.8 Å². The van der Waals surface area contributed by atoms with E-state index in [-0.39, 0.29) is 11.8 Å². The molecule has 0 bridgehead atoms. The van der Waals surface area contributed by atoms with Gasteiger partial charge in [-0.25, -0.2) is 8.78 Å². The van der Waals surface area contributed by atoms with Crippen LogP contribution in [-0.4, -0.2) is 64.5 Å². The van der Waals surface area contributed by atoms with Crippen molar-refractivity contribution in [2.75, 3.05) is 19.6 Å². The maximum absolute atomic E-state index is 13.3. The van der Waals surface area contributed by atoms with Crippen molar-refractivity contribution < 1.29 is 23.5 Å². The van der Waals surface area contributed by atoms with Gasteiger partial charge in [0.1, 0.15) is 12.1 Å². The number of hydrogen-bond donors (Lipinski definition) is 2. The minimum atomic E-state index is -0.956. The van der Waals surface area contributed by atoms with Gasteiger partial charge in [-0.1, -0.05) is 6.07 Å².